The zero-order valence-corrected chi connectivity index (χ0v) is 10.1. The molecule has 0 aromatic heterocycles. The summed E-state index contributed by atoms with van der Waals surface area (Å²) in [5, 5.41) is 3.48. The first-order chi connectivity index (χ1) is 6.74. The van der Waals surface area contributed by atoms with Gasteiger partial charge < -0.3 is 5.32 Å². The molecule has 1 aromatic rings. The van der Waals surface area contributed by atoms with E-state index in [0.29, 0.717) is 0 Å². The monoisotopic (exact) mass is 209 g/mol. The second-order valence-electron chi connectivity index (χ2n) is 3.59. The van der Waals surface area contributed by atoms with Crippen LogP contribution in [0.2, 0.25) is 0 Å². The maximum absolute atomic E-state index is 3.48. The molecule has 1 aromatic carbocycles. The first-order valence-electron chi connectivity index (χ1n) is 5.04. The summed E-state index contributed by atoms with van der Waals surface area (Å²) >= 11 is 1.90. The second-order valence-corrected chi connectivity index (χ2v) is 4.58. The molecule has 0 atom stereocenters. The fourth-order valence-corrected chi connectivity index (χ4v) is 1.80. The molecule has 0 bridgehead atoms. The number of hydrogen-bond donors (Lipinski definition) is 1. The molecule has 2 heteroatoms. The van der Waals surface area contributed by atoms with Gasteiger partial charge in [-0.2, -0.15) is 11.8 Å². The summed E-state index contributed by atoms with van der Waals surface area (Å²) in [6.07, 6.45) is 3.38. The normalized spacial score (nSPS) is 10.2. The Balaban J connectivity index is 2.45. The number of benzene rings is 1. The van der Waals surface area contributed by atoms with Crippen LogP contribution in [0.4, 0.5) is 5.69 Å². The molecule has 0 heterocycles. The number of thioether (sulfide) groups is 1. The van der Waals surface area contributed by atoms with Crippen molar-refractivity contribution in [2.75, 3.05) is 23.9 Å². The van der Waals surface area contributed by atoms with E-state index in [2.05, 4.69) is 43.6 Å². The van der Waals surface area contributed by atoms with E-state index < -0.39 is 0 Å². The maximum atomic E-state index is 3.48. The van der Waals surface area contributed by atoms with Crippen molar-refractivity contribution in [3.8, 4) is 0 Å². The Labute approximate surface area is 91.3 Å². The van der Waals surface area contributed by atoms with Gasteiger partial charge in [-0.1, -0.05) is 12.1 Å². The molecule has 0 saturated carbocycles. The van der Waals surface area contributed by atoms with E-state index in [9.17, 15) is 0 Å². The lowest BCUT2D eigenvalue weighted by Gasteiger charge is -2.09. The molecule has 1 rings (SSSR count). The van der Waals surface area contributed by atoms with Crippen molar-refractivity contribution >= 4 is 17.4 Å². The van der Waals surface area contributed by atoms with E-state index in [0.717, 1.165) is 6.54 Å². The fraction of sp³-hybridized carbons (Fsp3) is 0.500. The predicted molar refractivity (Wildman–Crippen MR) is 67.4 cm³/mol. The smallest absolute Gasteiger partial charge is 0.0372 e. The molecular formula is C12H19NS. The van der Waals surface area contributed by atoms with Crippen molar-refractivity contribution in [2.45, 2.75) is 20.3 Å². The third-order valence-electron chi connectivity index (χ3n) is 2.23. The fourth-order valence-electron chi connectivity index (χ4n) is 1.37. The lowest BCUT2D eigenvalue weighted by atomic mass is 10.1. The Hall–Kier alpha value is -0.630. The van der Waals surface area contributed by atoms with Crippen molar-refractivity contribution in [1.29, 1.82) is 0 Å². The Morgan fingerprint density at radius 2 is 2.07 bits per heavy atom. The summed E-state index contributed by atoms with van der Waals surface area (Å²) in [6.45, 7) is 5.36. The summed E-state index contributed by atoms with van der Waals surface area (Å²) in [4.78, 5) is 0. The molecule has 14 heavy (non-hydrogen) atoms. The van der Waals surface area contributed by atoms with Gasteiger partial charge in [-0.15, -0.1) is 0 Å². The molecule has 0 aliphatic rings. The third kappa shape index (κ3) is 3.62. The van der Waals surface area contributed by atoms with Gasteiger partial charge >= 0.3 is 0 Å². The molecule has 0 aliphatic carbocycles. The minimum Gasteiger partial charge on any atom is -0.385 e. The Morgan fingerprint density at radius 1 is 1.29 bits per heavy atom. The molecule has 0 amide bonds. The zero-order valence-electron chi connectivity index (χ0n) is 9.26. The molecule has 0 fully saturated rings. The van der Waals surface area contributed by atoms with Crippen LogP contribution in [0.15, 0.2) is 18.2 Å². The highest BCUT2D eigenvalue weighted by molar-refractivity contribution is 7.98. The van der Waals surface area contributed by atoms with Gasteiger partial charge in [0.1, 0.15) is 0 Å². The molecule has 0 saturated heterocycles. The molecule has 0 radical (unpaired) electrons. The van der Waals surface area contributed by atoms with E-state index >= 15 is 0 Å². The Bertz CT molecular complexity index is 284. The molecule has 1 nitrogen and oxygen atoms in total. The topological polar surface area (TPSA) is 12.0 Å². The maximum Gasteiger partial charge on any atom is 0.0372 e. The van der Waals surface area contributed by atoms with E-state index in [1.807, 2.05) is 11.8 Å². The van der Waals surface area contributed by atoms with E-state index in [1.54, 1.807) is 0 Å². The van der Waals surface area contributed by atoms with Gasteiger partial charge in [0.2, 0.25) is 0 Å². The van der Waals surface area contributed by atoms with Gasteiger partial charge in [0.25, 0.3) is 0 Å². The highest BCUT2D eigenvalue weighted by atomic mass is 32.2. The van der Waals surface area contributed by atoms with Gasteiger partial charge in [0.05, 0.1) is 0 Å². The van der Waals surface area contributed by atoms with Crippen LogP contribution in [0.1, 0.15) is 17.5 Å². The first-order valence-corrected chi connectivity index (χ1v) is 6.43. The third-order valence-corrected chi connectivity index (χ3v) is 2.93. The molecule has 0 spiro atoms. The number of nitrogens with one attached hydrogen (secondary N) is 1. The van der Waals surface area contributed by atoms with Crippen molar-refractivity contribution in [3.63, 3.8) is 0 Å². The Morgan fingerprint density at radius 3 is 2.79 bits per heavy atom. The minimum absolute atomic E-state index is 1.07. The molecule has 1 N–H and O–H groups in total. The van der Waals surface area contributed by atoms with Gasteiger partial charge in [-0.05, 0) is 49.5 Å². The van der Waals surface area contributed by atoms with Crippen LogP contribution >= 0.6 is 11.8 Å². The van der Waals surface area contributed by atoms with Crippen molar-refractivity contribution < 1.29 is 0 Å². The number of hydrogen-bond acceptors (Lipinski definition) is 2. The van der Waals surface area contributed by atoms with Gasteiger partial charge in [-0.3, -0.25) is 0 Å². The summed E-state index contributed by atoms with van der Waals surface area (Å²) in [7, 11) is 0. The van der Waals surface area contributed by atoms with Crippen LogP contribution in [-0.2, 0) is 0 Å². The SMILES string of the molecule is CSCCCNc1cc(C)ccc1C. The van der Waals surface area contributed by atoms with Crippen molar-refractivity contribution in [3.05, 3.63) is 29.3 Å². The molecule has 0 aliphatic heterocycles. The zero-order chi connectivity index (χ0) is 10.4. The number of rotatable bonds is 5. The highest BCUT2D eigenvalue weighted by Gasteiger charge is 1.96. The minimum atomic E-state index is 1.07. The molecular weight excluding hydrogens is 190 g/mol. The van der Waals surface area contributed by atoms with Gasteiger partial charge in [-0.25, -0.2) is 0 Å². The average Bonchev–Trinajstić information content (AvgIpc) is 2.18. The lowest BCUT2D eigenvalue weighted by Crippen LogP contribution is -2.04. The standard InChI is InChI=1S/C12H19NS/c1-10-5-6-11(2)12(9-10)13-7-4-8-14-3/h5-6,9,13H,4,7-8H2,1-3H3. The van der Waals surface area contributed by atoms with Crippen LogP contribution in [0.5, 0.6) is 0 Å². The van der Waals surface area contributed by atoms with Crippen molar-refractivity contribution in [2.24, 2.45) is 0 Å². The largest absolute Gasteiger partial charge is 0.385 e. The van der Waals surface area contributed by atoms with Crippen LogP contribution < -0.4 is 5.32 Å². The average molecular weight is 209 g/mol. The first kappa shape index (κ1) is 11.4. The Kier molecular flexibility index (Phi) is 4.88. The van der Waals surface area contributed by atoms with E-state index in [-0.39, 0.29) is 0 Å². The van der Waals surface area contributed by atoms with Gasteiger partial charge in [0, 0.05) is 12.2 Å². The highest BCUT2D eigenvalue weighted by Crippen LogP contribution is 2.16. The summed E-state index contributed by atoms with van der Waals surface area (Å²) < 4.78 is 0. The van der Waals surface area contributed by atoms with E-state index in [1.165, 1.54) is 29.0 Å². The van der Waals surface area contributed by atoms with Crippen LogP contribution in [0.25, 0.3) is 0 Å². The summed E-state index contributed by atoms with van der Waals surface area (Å²) in [6, 6.07) is 6.54. The molecule has 78 valence electrons. The van der Waals surface area contributed by atoms with E-state index in [4.69, 9.17) is 0 Å². The van der Waals surface area contributed by atoms with Crippen molar-refractivity contribution in [1.82, 2.24) is 0 Å². The van der Waals surface area contributed by atoms with Crippen LogP contribution in [0, 0.1) is 13.8 Å². The predicted octanol–water partition coefficient (Wildman–Crippen LogP) is 3.47. The summed E-state index contributed by atoms with van der Waals surface area (Å²) in [5.41, 5.74) is 3.94. The van der Waals surface area contributed by atoms with Gasteiger partial charge in [0.15, 0.2) is 0 Å². The van der Waals surface area contributed by atoms with Crippen LogP contribution in [0.3, 0.4) is 0 Å². The molecule has 0 unspecified atom stereocenters. The quantitative estimate of drug-likeness (QED) is 0.745. The number of aryl methyl sites for hydroxylation is 2. The summed E-state index contributed by atoms with van der Waals surface area (Å²) in [5.74, 6) is 1.23. The second kappa shape index (κ2) is 5.97. The van der Waals surface area contributed by atoms with Crippen LogP contribution in [-0.4, -0.2) is 18.6 Å². The lowest BCUT2D eigenvalue weighted by molar-refractivity contribution is 0.990. The number of anilines is 1.